The van der Waals surface area contributed by atoms with Crippen LogP contribution in [0.2, 0.25) is 0 Å². The molecule has 0 unspecified atom stereocenters. The second kappa shape index (κ2) is 6.98. The van der Waals surface area contributed by atoms with Crippen LogP contribution in [0.3, 0.4) is 0 Å². The number of hydrogen-bond acceptors (Lipinski definition) is 1. The van der Waals surface area contributed by atoms with Crippen LogP contribution in [0.4, 0.5) is 17.1 Å². The van der Waals surface area contributed by atoms with Crippen LogP contribution in [0.5, 0.6) is 0 Å². The van der Waals surface area contributed by atoms with E-state index in [0.717, 1.165) is 6.42 Å². The molecule has 0 aliphatic carbocycles. The minimum absolute atomic E-state index is 0.0239. The Balaban J connectivity index is 2.00. The standard InChI is InChI=1S/C27H29N/c1-6-10-21-18-22(15-14-20(21)7-2)28-25-12-9-8-11-23(25)27(4,5)24-17-19(3)13-16-26(24)28/h6,8-18H,7H2,1-5H3/b10-6-. The molecule has 0 bridgehead atoms. The molecule has 3 aromatic rings. The maximum absolute atomic E-state index is 2.43. The molecule has 4 rings (SSSR count). The lowest BCUT2D eigenvalue weighted by atomic mass is 9.73. The number of allylic oxidation sites excluding steroid dienone is 1. The van der Waals surface area contributed by atoms with E-state index in [1.807, 2.05) is 0 Å². The van der Waals surface area contributed by atoms with E-state index in [1.165, 1.54) is 44.9 Å². The van der Waals surface area contributed by atoms with E-state index < -0.39 is 0 Å². The van der Waals surface area contributed by atoms with Crippen molar-refractivity contribution < 1.29 is 0 Å². The Morgan fingerprint density at radius 2 is 1.64 bits per heavy atom. The van der Waals surface area contributed by atoms with E-state index in [-0.39, 0.29) is 5.41 Å². The van der Waals surface area contributed by atoms with E-state index in [0.29, 0.717) is 0 Å². The zero-order valence-corrected chi connectivity index (χ0v) is 17.6. The molecule has 0 saturated carbocycles. The summed E-state index contributed by atoms with van der Waals surface area (Å²) in [7, 11) is 0. The molecule has 0 fully saturated rings. The minimum atomic E-state index is -0.0239. The van der Waals surface area contributed by atoms with Gasteiger partial charge in [-0.05, 0) is 66.8 Å². The summed E-state index contributed by atoms with van der Waals surface area (Å²) >= 11 is 0. The first-order valence-electron chi connectivity index (χ1n) is 10.2. The SMILES string of the molecule is C/C=C\c1cc(N2c3ccccc3C(C)(C)c3cc(C)ccc32)ccc1CC. The molecule has 28 heavy (non-hydrogen) atoms. The van der Waals surface area contributed by atoms with E-state index in [4.69, 9.17) is 0 Å². The molecule has 0 amide bonds. The zero-order valence-electron chi connectivity index (χ0n) is 17.6. The topological polar surface area (TPSA) is 3.24 Å². The van der Waals surface area contributed by atoms with Crippen molar-refractivity contribution in [2.45, 2.75) is 46.5 Å². The minimum Gasteiger partial charge on any atom is -0.310 e. The summed E-state index contributed by atoms with van der Waals surface area (Å²) in [6.45, 7) is 11.2. The Kier molecular flexibility index (Phi) is 4.63. The van der Waals surface area contributed by atoms with E-state index in [9.17, 15) is 0 Å². The van der Waals surface area contributed by atoms with Gasteiger partial charge < -0.3 is 4.90 Å². The van der Waals surface area contributed by atoms with Crippen LogP contribution < -0.4 is 4.90 Å². The molecule has 1 nitrogen and oxygen atoms in total. The van der Waals surface area contributed by atoms with Gasteiger partial charge in [-0.3, -0.25) is 0 Å². The van der Waals surface area contributed by atoms with Crippen LogP contribution in [-0.4, -0.2) is 0 Å². The highest BCUT2D eigenvalue weighted by Crippen LogP contribution is 2.52. The number of anilines is 3. The van der Waals surface area contributed by atoms with Crippen molar-refractivity contribution in [2.75, 3.05) is 4.90 Å². The average Bonchev–Trinajstić information content (AvgIpc) is 2.69. The van der Waals surface area contributed by atoms with Crippen LogP contribution in [0.1, 0.15) is 55.5 Å². The lowest BCUT2D eigenvalue weighted by Gasteiger charge is -2.42. The van der Waals surface area contributed by atoms with Gasteiger partial charge in [0.25, 0.3) is 0 Å². The molecule has 1 aliphatic heterocycles. The number of para-hydroxylation sites is 1. The van der Waals surface area contributed by atoms with Crippen molar-refractivity contribution in [2.24, 2.45) is 0 Å². The quantitative estimate of drug-likeness (QED) is 0.458. The largest absolute Gasteiger partial charge is 0.310 e. The second-order valence-corrected chi connectivity index (χ2v) is 8.23. The number of benzene rings is 3. The molecule has 3 aromatic carbocycles. The average molecular weight is 368 g/mol. The van der Waals surface area contributed by atoms with Gasteiger partial charge in [0, 0.05) is 11.1 Å². The summed E-state index contributed by atoms with van der Waals surface area (Å²) in [5.74, 6) is 0. The first-order valence-corrected chi connectivity index (χ1v) is 10.2. The molecule has 0 N–H and O–H groups in total. The molecular weight excluding hydrogens is 338 g/mol. The molecule has 1 heterocycles. The Labute approximate surface area is 169 Å². The molecule has 0 spiro atoms. The predicted octanol–water partition coefficient (Wildman–Crippen LogP) is 7.70. The van der Waals surface area contributed by atoms with E-state index >= 15 is 0 Å². The zero-order chi connectivity index (χ0) is 19.9. The number of rotatable bonds is 3. The van der Waals surface area contributed by atoms with Crippen LogP contribution in [0.25, 0.3) is 6.08 Å². The van der Waals surface area contributed by atoms with E-state index in [2.05, 4.69) is 112 Å². The third-order valence-electron chi connectivity index (χ3n) is 6.00. The van der Waals surface area contributed by atoms with Crippen molar-refractivity contribution in [3.63, 3.8) is 0 Å². The predicted molar refractivity (Wildman–Crippen MR) is 122 cm³/mol. The molecule has 0 atom stereocenters. The second-order valence-electron chi connectivity index (χ2n) is 8.23. The molecule has 0 radical (unpaired) electrons. The van der Waals surface area contributed by atoms with Gasteiger partial charge in [-0.15, -0.1) is 0 Å². The maximum Gasteiger partial charge on any atom is 0.0502 e. The number of nitrogens with zero attached hydrogens (tertiary/aromatic N) is 1. The first kappa shape index (κ1) is 18.6. The summed E-state index contributed by atoms with van der Waals surface area (Å²) in [4.78, 5) is 2.43. The van der Waals surface area contributed by atoms with Gasteiger partial charge >= 0.3 is 0 Å². The van der Waals surface area contributed by atoms with Crippen LogP contribution in [-0.2, 0) is 11.8 Å². The van der Waals surface area contributed by atoms with Gasteiger partial charge in [-0.2, -0.15) is 0 Å². The lowest BCUT2D eigenvalue weighted by Crippen LogP contribution is -2.30. The Hall–Kier alpha value is -2.80. The van der Waals surface area contributed by atoms with Gasteiger partial charge in [-0.25, -0.2) is 0 Å². The fourth-order valence-corrected chi connectivity index (χ4v) is 4.47. The van der Waals surface area contributed by atoms with Gasteiger partial charge in [-0.1, -0.05) is 74.9 Å². The van der Waals surface area contributed by atoms with Gasteiger partial charge in [0.05, 0.1) is 11.4 Å². The summed E-state index contributed by atoms with van der Waals surface area (Å²) in [5.41, 5.74) is 10.5. The molecule has 142 valence electrons. The molecular formula is C27H29N. The molecule has 0 saturated heterocycles. The highest BCUT2D eigenvalue weighted by atomic mass is 15.2. The van der Waals surface area contributed by atoms with Crippen LogP contribution in [0, 0.1) is 6.92 Å². The normalized spacial score (nSPS) is 14.8. The van der Waals surface area contributed by atoms with Crippen molar-refractivity contribution in [3.05, 3.63) is 94.6 Å². The highest BCUT2D eigenvalue weighted by Gasteiger charge is 2.36. The fourth-order valence-electron chi connectivity index (χ4n) is 4.47. The van der Waals surface area contributed by atoms with Gasteiger partial charge in [0.1, 0.15) is 0 Å². The smallest absolute Gasteiger partial charge is 0.0502 e. The Morgan fingerprint density at radius 3 is 2.39 bits per heavy atom. The summed E-state index contributed by atoms with van der Waals surface area (Å²) in [6, 6.07) is 22.6. The third-order valence-corrected chi connectivity index (χ3v) is 6.00. The van der Waals surface area contributed by atoms with Crippen molar-refractivity contribution in [1.82, 2.24) is 0 Å². The maximum atomic E-state index is 2.43. The van der Waals surface area contributed by atoms with Crippen molar-refractivity contribution in [1.29, 1.82) is 0 Å². The summed E-state index contributed by atoms with van der Waals surface area (Å²) in [5, 5.41) is 0. The molecule has 0 aromatic heterocycles. The number of fused-ring (bicyclic) bond motifs is 2. The highest BCUT2D eigenvalue weighted by molar-refractivity contribution is 5.86. The number of aryl methyl sites for hydroxylation is 2. The summed E-state index contributed by atoms with van der Waals surface area (Å²) in [6.07, 6.45) is 5.39. The first-order chi connectivity index (χ1) is 13.5. The van der Waals surface area contributed by atoms with Crippen molar-refractivity contribution >= 4 is 23.1 Å². The number of hydrogen-bond donors (Lipinski definition) is 0. The van der Waals surface area contributed by atoms with E-state index in [1.54, 1.807) is 0 Å². The van der Waals surface area contributed by atoms with Gasteiger partial charge in [0.15, 0.2) is 0 Å². The lowest BCUT2D eigenvalue weighted by molar-refractivity contribution is 0.631. The Morgan fingerprint density at radius 1 is 0.893 bits per heavy atom. The molecule has 1 heteroatoms. The third kappa shape index (κ3) is 2.86. The van der Waals surface area contributed by atoms with Crippen LogP contribution >= 0.6 is 0 Å². The van der Waals surface area contributed by atoms with Crippen LogP contribution in [0.15, 0.2) is 66.7 Å². The Bertz CT molecular complexity index is 1060. The fraction of sp³-hybridized carbons (Fsp3) is 0.259. The monoisotopic (exact) mass is 367 g/mol. The van der Waals surface area contributed by atoms with Crippen molar-refractivity contribution in [3.8, 4) is 0 Å². The molecule has 1 aliphatic rings. The van der Waals surface area contributed by atoms with Gasteiger partial charge in [0.2, 0.25) is 0 Å². The summed E-state index contributed by atoms with van der Waals surface area (Å²) < 4.78 is 0.